The molecule has 0 aliphatic carbocycles. The summed E-state index contributed by atoms with van der Waals surface area (Å²) in [5.41, 5.74) is 2.17. The van der Waals surface area contributed by atoms with Crippen LogP contribution in [0.4, 0.5) is 5.69 Å². The van der Waals surface area contributed by atoms with Gasteiger partial charge < -0.3 is 5.32 Å². The van der Waals surface area contributed by atoms with Gasteiger partial charge in [0.1, 0.15) is 0 Å². The molecule has 0 amide bonds. The molecule has 1 unspecified atom stereocenters. The van der Waals surface area contributed by atoms with Gasteiger partial charge in [-0.05, 0) is 25.5 Å². The molecule has 0 fully saturated rings. The van der Waals surface area contributed by atoms with Crippen LogP contribution in [0.2, 0.25) is 0 Å². The van der Waals surface area contributed by atoms with E-state index in [9.17, 15) is 0 Å². The Morgan fingerprint density at radius 1 is 1.38 bits per heavy atom. The molecule has 16 heavy (non-hydrogen) atoms. The quantitative estimate of drug-likeness (QED) is 0.783. The number of pyridine rings is 1. The van der Waals surface area contributed by atoms with Crippen molar-refractivity contribution >= 4 is 16.6 Å². The van der Waals surface area contributed by atoms with Gasteiger partial charge >= 0.3 is 0 Å². The van der Waals surface area contributed by atoms with Gasteiger partial charge in [-0.15, -0.1) is 6.58 Å². The Balaban J connectivity index is 2.33. The first-order chi connectivity index (χ1) is 7.81. The van der Waals surface area contributed by atoms with E-state index in [0.717, 1.165) is 17.6 Å². The molecule has 0 saturated heterocycles. The summed E-state index contributed by atoms with van der Waals surface area (Å²) in [6, 6.07) is 10.6. The van der Waals surface area contributed by atoms with Crippen molar-refractivity contribution in [1.29, 1.82) is 0 Å². The lowest BCUT2D eigenvalue weighted by Crippen LogP contribution is -2.14. The minimum Gasteiger partial charge on any atom is -0.382 e. The Hall–Kier alpha value is -1.83. The molecular formula is C14H16N2. The summed E-state index contributed by atoms with van der Waals surface area (Å²) >= 11 is 0. The molecule has 2 heteroatoms. The molecule has 0 aliphatic rings. The summed E-state index contributed by atoms with van der Waals surface area (Å²) in [5.74, 6) is 0. The summed E-state index contributed by atoms with van der Waals surface area (Å²) in [5, 5.41) is 4.64. The number of nitrogens with zero attached hydrogens (tertiary/aromatic N) is 1. The second kappa shape index (κ2) is 4.79. The second-order valence-corrected chi connectivity index (χ2v) is 3.95. The monoisotopic (exact) mass is 212 g/mol. The highest BCUT2D eigenvalue weighted by atomic mass is 14.9. The highest BCUT2D eigenvalue weighted by Crippen LogP contribution is 2.21. The van der Waals surface area contributed by atoms with Crippen molar-refractivity contribution in [2.45, 2.75) is 19.4 Å². The van der Waals surface area contributed by atoms with Gasteiger partial charge in [0.2, 0.25) is 0 Å². The van der Waals surface area contributed by atoms with Crippen LogP contribution in [0.1, 0.15) is 13.3 Å². The van der Waals surface area contributed by atoms with Gasteiger partial charge in [-0.1, -0.05) is 24.3 Å². The Morgan fingerprint density at radius 3 is 3.00 bits per heavy atom. The van der Waals surface area contributed by atoms with Crippen LogP contribution >= 0.6 is 0 Å². The van der Waals surface area contributed by atoms with Crippen molar-refractivity contribution in [3.05, 3.63) is 49.2 Å². The van der Waals surface area contributed by atoms with Gasteiger partial charge in [-0.3, -0.25) is 4.98 Å². The lowest BCUT2D eigenvalue weighted by Gasteiger charge is -2.14. The molecule has 0 spiro atoms. The maximum Gasteiger partial charge on any atom is 0.0722 e. The molecule has 0 saturated carbocycles. The minimum absolute atomic E-state index is 0.392. The van der Waals surface area contributed by atoms with Gasteiger partial charge in [-0.25, -0.2) is 0 Å². The fourth-order valence-electron chi connectivity index (χ4n) is 1.80. The Bertz CT molecular complexity index is 486. The predicted molar refractivity (Wildman–Crippen MR) is 69.6 cm³/mol. The molecular weight excluding hydrogens is 196 g/mol. The van der Waals surface area contributed by atoms with Crippen molar-refractivity contribution in [3.63, 3.8) is 0 Å². The average Bonchev–Trinajstić information content (AvgIpc) is 2.30. The number of nitrogens with one attached hydrogen (secondary N) is 1. The molecule has 82 valence electrons. The fraction of sp³-hybridized carbons (Fsp3) is 0.214. The van der Waals surface area contributed by atoms with Crippen LogP contribution in [-0.2, 0) is 0 Å². The van der Waals surface area contributed by atoms with Crippen LogP contribution < -0.4 is 5.32 Å². The zero-order valence-corrected chi connectivity index (χ0v) is 9.48. The number of anilines is 1. The molecule has 1 aromatic carbocycles. The Morgan fingerprint density at radius 2 is 2.19 bits per heavy atom. The third-order valence-corrected chi connectivity index (χ3v) is 2.57. The summed E-state index contributed by atoms with van der Waals surface area (Å²) in [6.45, 7) is 5.90. The van der Waals surface area contributed by atoms with Gasteiger partial charge in [0.15, 0.2) is 0 Å². The van der Waals surface area contributed by atoms with Gasteiger partial charge in [0, 0.05) is 23.3 Å². The number of rotatable bonds is 4. The van der Waals surface area contributed by atoms with Gasteiger partial charge in [-0.2, -0.15) is 0 Å². The average molecular weight is 212 g/mol. The van der Waals surface area contributed by atoms with Crippen LogP contribution in [0.3, 0.4) is 0 Å². The minimum atomic E-state index is 0.392. The van der Waals surface area contributed by atoms with Crippen molar-refractivity contribution in [3.8, 4) is 0 Å². The number of para-hydroxylation sites is 1. The Kier molecular flexibility index (Phi) is 3.20. The zero-order chi connectivity index (χ0) is 11.4. The first kappa shape index (κ1) is 10.7. The standard InChI is InChI=1S/C14H16N2/c1-3-6-11(2)16-14-9-10-15-13-8-5-4-7-12(13)14/h3-5,7-11H,1,6H2,2H3,(H,15,16). The topological polar surface area (TPSA) is 24.9 Å². The van der Waals surface area contributed by atoms with Gasteiger partial charge in [0.05, 0.1) is 5.52 Å². The molecule has 1 N–H and O–H groups in total. The highest BCUT2D eigenvalue weighted by molar-refractivity contribution is 5.90. The van der Waals surface area contributed by atoms with E-state index in [0.29, 0.717) is 6.04 Å². The maximum absolute atomic E-state index is 4.33. The van der Waals surface area contributed by atoms with Crippen LogP contribution in [0.15, 0.2) is 49.2 Å². The highest BCUT2D eigenvalue weighted by Gasteiger charge is 2.03. The molecule has 0 bridgehead atoms. The molecule has 1 atom stereocenters. The number of hydrogen-bond donors (Lipinski definition) is 1. The van der Waals surface area contributed by atoms with E-state index in [-0.39, 0.29) is 0 Å². The van der Waals surface area contributed by atoms with Crippen molar-refractivity contribution in [1.82, 2.24) is 4.98 Å². The van der Waals surface area contributed by atoms with Gasteiger partial charge in [0.25, 0.3) is 0 Å². The first-order valence-corrected chi connectivity index (χ1v) is 5.52. The predicted octanol–water partition coefficient (Wildman–Crippen LogP) is 3.61. The molecule has 0 radical (unpaired) electrons. The SMILES string of the molecule is C=CCC(C)Nc1ccnc2ccccc12. The second-order valence-electron chi connectivity index (χ2n) is 3.95. The Labute approximate surface area is 96.0 Å². The summed E-state index contributed by atoms with van der Waals surface area (Å²) in [6.07, 6.45) is 4.73. The molecule has 1 aromatic heterocycles. The smallest absolute Gasteiger partial charge is 0.0722 e. The third-order valence-electron chi connectivity index (χ3n) is 2.57. The fourth-order valence-corrected chi connectivity index (χ4v) is 1.80. The summed E-state index contributed by atoms with van der Waals surface area (Å²) < 4.78 is 0. The summed E-state index contributed by atoms with van der Waals surface area (Å²) in [4.78, 5) is 4.33. The van der Waals surface area contributed by atoms with Crippen LogP contribution in [0.5, 0.6) is 0 Å². The number of benzene rings is 1. The van der Waals surface area contributed by atoms with Crippen LogP contribution in [-0.4, -0.2) is 11.0 Å². The van der Waals surface area contributed by atoms with Crippen LogP contribution in [0.25, 0.3) is 10.9 Å². The van der Waals surface area contributed by atoms with E-state index in [1.165, 1.54) is 5.39 Å². The molecule has 0 aliphatic heterocycles. The molecule has 2 rings (SSSR count). The zero-order valence-electron chi connectivity index (χ0n) is 9.48. The van der Waals surface area contributed by atoms with E-state index < -0.39 is 0 Å². The van der Waals surface area contributed by atoms with Crippen molar-refractivity contribution < 1.29 is 0 Å². The molecule has 2 aromatic rings. The largest absolute Gasteiger partial charge is 0.382 e. The first-order valence-electron chi connectivity index (χ1n) is 5.52. The van der Waals surface area contributed by atoms with E-state index in [2.05, 4.69) is 29.9 Å². The van der Waals surface area contributed by atoms with Crippen molar-refractivity contribution in [2.24, 2.45) is 0 Å². The van der Waals surface area contributed by atoms with E-state index >= 15 is 0 Å². The van der Waals surface area contributed by atoms with Crippen LogP contribution in [0, 0.1) is 0 Å². The lowest BCUT2D eigenvalue weighted by molar-refractivity contribution is 0.815. The normalized spacial score (nSPS) is 12.3. The third kappa shape index (κ3) is 2.22. The molecule has 2 nitrogen and oxygen atoms in total. The van der Waals surface area contributed by atoms with E-state index in [1.807, 2.05) is 36.5 Å². The number of aromatic nitrogens is 1. The number of fused-ring (bicyclic) bond motifs is 1. The molecule has 1 heterocycles. The van der Waals surface area contributed by atoms with Crippen molar-refractivity contribution in [2.75, 3.05) is 5.32 Å². The van der Waals surface area contributed by atoms with E-state index in [1.54, 1.807) is 0 Å². The van der Waals surface area contributed by atoms with E-state index in [4.69, 9.17) is 0 Å². The summed E-state index contributed by atoms with van der Waals surface area (Å²) in [7, 11) is 0. The lowest BCUT2D eigenvalue weighted by atomic mass is 10.1. The number of hydrogen-bond acceptors (Lipinski definition) is 2. The maximum atomic E-state index is 4.33.